The van der Waals surface area contributed by atoms with Crippen LogP contribution in [0, 0.1) is 11.3 Å². The molecular weight excluding hydrogens is 324 g/mol. The molecule has 1 amide bonds. The number of carbonyl (C=O) groups excluding carboxylic acids is 1. The highest BCUT2D eigenvalue weighted by atomic mass is 35.5. The number of hydrogen-bond acceptors (Lipinski definition) is 4. The maximum atomic E-state index is 12.0. The smallest absolute Gasteiger partial charge is 0.236 e. The Morgan fingerprint density at radius 1 is 1.27 bits per heavy atom. The van der Waals surface area contributed by atoms with Gasteiger partial charge in [-0.2, -0.15) is 0 Å². The van der Waals surface area contributed by atoms with Gasteiger partial charge >= 0.3 is 0 Å². The minimum absolute atomic E-state index is 0. The van der Waals surface area contributed by atoms with Crippen LogP contribution in [0.2, 0.25) is 0 Å². The van der Waals surface area contributed by atoms with Gasteiger partial charge in [-0.1, -0.05) is 26.7 Å². The zero-order chi connectivity index (χ0) is 16.1. The molecule has 0 aromatic heterocycles. The maximum absolute atomic E-state index is 12.0. The number of nitrogens with one attached hydrogen (secondary N) is 1. The molecule has 0 spiro atoms. The molecule has 1 aliphatic rings. The fraction of sp³-hybridized carbons (Fsp3) is 0.933. The van der Waals surface area contributed by atoms with Crippen LogP contribution in [-0.4, -0.2) is 38.9 Å². The van der Waals surface area contributed by atoms with Gasteiger partial charge in [-0.15, -0.1) is 12.4 Å². The number of carbonyl (C=O) groups is 1. The third-order valence-corrected chi connectivity index (χ3v) is 5.26. The average Bonchev–Trinajstić information content (AvgIpc) is 2.80. The van der Waals surface area contributed by atoms with E-state index in [0.717, 1.165) is 25.5 Å². The minimum Gasteiger partial charge on any atom is -0.354 e. The van der Waals surface area contributed by atoms with Crippen molar-refractivity contribution in [2.45, 2.75) is 58.4 Å². The predicted molar refractivity (Wildman–Crippen MR) is 92.9 cm³/mol. The van der Waals surface area contributed by atoms with Crippen LogP contribution >= 0.6 is 12.4 Å². The molecule has 5 nitrogen and oxygen atoms in total. The molecule has 0 bridgehead atoms. The van der Waals surface area contributed by atoms with Gasteiger partial charge in [-0.25, -0.2) is 8.42 Å². The van der Waals surface area contributed by atoms with Crippen molar-refractivity contribution >= 4 is 28.2 Å². The minimum atomic E-state index is -3.07. The van der Waals surface area contributed by atoms with Crippen molar-refractivity contribution in [2.75, 3.05) is 18.6 Å². The van der Waals surface area contributed by atoms with Crippen molar-refractivity contribution in [3.8, 4) is 0 Å². The lowest BCUT2D eigenvalue weighted by Crippen LogP contribution is -2.45. The van der Waals surface area contributed by atoms with E-state index in [2.05, 4.69) is 19.2 Å². The summed E-state index contributed by atoms with van der Waals surface area (Å²) in [5.74, 6) is 0.339. The van der Waals surface area contributed by atoms with Crippen LogP contribution in [-0.2, 0) is 14.6 Å². The van der Waals surface area contributed by atoms with E-state index >= 15 is 0 Å². The molecule has 0 aliphatic heterocycles. The molecule has 0 saturated heterocycles. The van der Waals surface area contributed by atoms with E-state index in [1.165, 1.54) is 12.8 Å². The van der Waals surface area contributed by atoms with Crippen molar-refractivity contribution in [1.82, 2.24) is 5.32 Å². The monoisotopic (exact) mass is 354 g/mol. The number of rotatable bonds is 8. The number of hydrogen-bond donors (Lipinski definition) is 2. The summed E-state index contributed by atoms with van der Waals surface area (Å²) in [4.78, 5) is 12.0. The van der Waals surface area contributed by atoms with Crippen LogP contribution in [0.25, 0.3) is 0 Å². The molecule has 22 heavy (non-hydrogen) atoms. The van der Waals surface area contributed by atoms with Crippen molar-refractivity contribution < 1.29 is 13.2 Å². The Morgan fingerprint density at radius 2 is 1.82 bits per heavy atom. The molecule has 1 fully saturated rings. The molecule has 0 aromatic carbocycles. The van der Waals surface area contributed by atoms with Gasteiger partial charge in [0.2, 0.25) is 5.91 Å². The van der Waals surface area contributed by atoms with Gasteiger partial charge in [0.1, 0.15) is 9.84 Å². The number of sulfone groups is 1. The van der Waals surface area contributed by atoms with Gasteiger partial charge in [-0.3, -0.25) is 4.79 Å². The molecule has 0 heterocycles. The quantitative estimate of drug-likeness (QED) is 0.696. The Hall–Kier alpha value is -0.330. The molecule has 1 rings (SSSR count). The summed E-state index contributed by atoms with van der Waals surface area (Å²) in [5, 5.41) is 2.95. The summed E-state index contributed by atoms with van der Waals surface area (Å²) in [6, 6.07) is -0.739. The van der Waals surface area contributed by atoms with E-state index in [0.29, 0.717) is 12.5 Å². The van der Waals surface area contributed by atoms with Crippen LogP contribution < -0.4 is 11.1 Å². The lowest BCUT2D eigenvalue weighted by molar-refractivity contribution is -0.123. The highest BCUT2D eigenvalue weighted by molar-refractivity contribution is 7.90. The molecule has 1 saturated carbocycles. The Kier molecular flexibility index (Phi) is 8.95. The summed E-state index contributed by atoms with van der Waals surface area (Å²) in [5.41, 5.74) is 5.99. The first-order valence-electron chi connectivity index (χ1n) is 7.85. The van der Waals surface area contributed by atoms with E-state index in [-0.39, 0.29) is 35.9 Å². The van der Waals surface area contributed by atoms with Crippen LogP contribution in [0.1, 0.15) is 52.4 Å². The summed E-state index contributed by atoms with van der Waals surface area (Å²) in [7, 11) is -3.07. The molecule has 1 aliphatic carbocycles. The second-order valence-electron chi connectivity index (χ2n) is 7.05. The highest BCUT2D eigenvalue weighted by Gasteiger charge is 2.35. The Bertz CT molecular complexity index is 446. The second-order valence-corrected chi connectivity index (χ2v) is 9.31. The van der Waals surface area contributed by atoms with Gasteiger partial charge in [0, 0.05) is 12.8 Å². The maximum Gasteiger partial charge on any atom is 0.236 e. The average molecular weight is 355 g/mol. The normalized spacial score (nSPS) is 18.8. The number of amides is 1. The van der Waals surface area contributed by atoms with Crippen molar-refractivity contribution in [1.29, 1.82) is 0 Å². The summed E-state index contributed by atoms with van der Waals surface area (Å²) < 4.78 is 22.2. The first-order chi connectivity index (χ1) is 9.64. The molecule has 1 unspecified atom stereocenters. The zero-order valence-corrected chi connectivity index (χ0v) is 15.6. The second kappa shape index (κ2) is 9.08. The first-order valence-corrected chi connectivity index (χ1v) is 9.91. The largest absolute Gasteiger partial charge is 0.354 e. The molecule has 0 radical (unpaired) electrons. The van der Waals surface area contributed by atoms with Crippen LogP contribution in [0.5, 0.6) is 0 Å². The SMILES string of the molecule is CC(C)CC1(CNC(=O)C(N)CCS(C)(=O)=O)CCCC1.Cl. The van der Waals surface area contributed by atoms with Crippen molar-refractivity contribution in [2.24, 2.45) is 17.1 Å². The molecule has 7 heteroatoms. The van der Waals surface area contributed by atoms with E-state index in [9.17, 15) is 13.2 Å². The third-order valence-electron chi connectivity index (χ3n) is 4.28. The predicted octanol–water partition coefficient (Wildman–Crippen LogP) is 1.89. The molecular formula is C15H31ClN2O3S. The molecule has 0 aromatic rings. The first kappa shape index (κ1) is 21.7. The summed E-state index contributed by atoms with van der Waals surface area (Å²) >= 11 is 0. The lowest BCUT2D eigenvalue weighted by Gasteiger charge is -2.31. The van der Waals surface area contributed by atoms with Crippen LogP contribution in [0.15, 0.2) is 0 Å². The van der Waals surface area contributed by atoms with Gasteiger partial charge < -0.3 is 11.1 Å². The summed E-state index contributed by atoms with van der Waals surface area (Å²) in [6.07, 6.45) is 7.22. The third kappa shape index (κ3) is 7.79. The molecule has 1 atom stereocenters. The fourth-order valence-corrected chi connectivity index (χ4v) is 4.00. The lowest BCUT2D eigenvalue weighted by atomic mass is 9.78. The van der Waals surface area contributed by atoms with Gasteiger partial charge in [0.05, 0.1) is 11.8 Å². The van der Waals surface area contributed by atoms with E-state index in [1.54, 1.807) is 0 Å². The fourth-order valence-electron chi connectivity index (χ4n) is 3.32. The standard InChI is InChI=1S/C15H30N2O3S.ClH/c1-12(2)10-15(7-4-5-8-15)11-17-14(18)13(16)6-9-21(3,19)20;/h12-13H,4-11,16H2,1-3H3,(H,17,18);1H. The Balaban J connectivity index is 0.00000441. The van der Waals surface area contributed by atoms with Gasteiger partial charge in [0.15, 0.2) is 0 Å². The molecule has 3 N–H and O–H groups in total. The van der Waals surface area contributed by atoms with E-state index < -0.39 is 15.9 Å². The topological polar surface area (TPSA) is 89.3 Å². The van der Waals surface area contributed by atoms with Crippen molar-refractivity contribution in [3.63, 3.8) is 0 Å². The highest BCUT2D eigenvalue weighted by Crippen LogP contribution is 2.42. The van der Waals surface area contributed by atoms with E-state index in [4.69, 9.17) is 5.73 Å². The zero-order valence-electron chi connectivity index (χ0n) is 13.9. The Morgan fingerprint density at radius 3 is 2.27 bits per heavy atom. The van der Waals surface area contributed by atoms with E-state index in [1.807, 2.05) is 0 Å². The number of halogens is 1. The Labute approximate surface area is 141 Å². The van der Waals surface area contributed by atoms with Crippen molar-refractivity contribution in [3.05, 3.63) is 0 Å². The van der Waals surface area contributed by atoms with Gasteiger partial charge in [-0.05, 0) is 37.0 Å². The van der Waals surface area contributed by atoms with Crippen LogP contribution in [0.3, 0.4) is 0 Å². The number of nitrogens with two attached hydrogens (primary N) is 1. The molecule has 132 valence electrons. The van der Waals surface area contributed by atoms with Crippen LogP contribution in [0.4, 0.5) is 0 Å². The van der Waals surface area contributed by atoms with Gasteiger partial charge in [0.25, 0.3) is 0 Å². The summed E-state index contributed by atoms with van der Waals surface area (Å²) in [6.45, 7) is 5.08.